The zero-order chi connectivity index (χ0) is 16.3. The molecule has 1 aliphatic rings. The predicted molar refractivity (Wildman–Crippen MR) is 93.6 cm³/mol. The smallest absolute Gasteiger partial charge is 0.121 e. The van der Waals surface area contributed by atoms with Crippen LogP contribution in [0.15, 0.2) is 42.1 Å². The van der Waals surface area contributed by atoms with Crippen LogP contribution in [0.4, 0.5) is 5.69 Å². The number of benzene rings is 1. The summed E-state index contributed by atoms with van der Waals surface area (Å²) in [6.07, 6.45) is 7.44. The monoisotopic (exact) mass is 301 g/mol. The summed E-state index contributed by atoms with van der Waals surface area (Å²) >= 11 is 0. The molecule has 0 saturated heterocycles. The largest absolute Gasteiger partial charge is 0.497 e. The van der Waals surface area contributed by atoms with Gasteiger partial charge in [-0.15, -0.1) is 0 Å². The molecule has 1 atom stereocenters. The van der Waals surface area contributed by atoms with Crippen LogP contribution < -0.4 is 15.0 Å². The van der Waals surface area contributed by atoms with Crippen LogP contribution in [0.2, 0.25) is 0 Å². The lowest BCUT2D eigenvalue weighted by atomic mass is 9.82. The molecule has 22 heavy (non-hydrogen) atoms. The minimum Gasteiger partial charge on any atom is -0.497 e. The van der Waals surface area contributed by atoms with Crippen LogP contribution in [0, 0.1) is 0 Å². The molecule has 1 unspecified atom stereocenters. The predicted octanol–water partition coefficient (Wildman–Crippen LogP) is 2.58. The van der Waals surface area contributed by atoms with Crippen LogP contribution in [0.3, 0.4) is 0 Å². The van der Waals surface area contributed by atoms with E-state index in [1.165, 1.54) is 11.3 Å². The summed E-state index contributed by atoms with van der Waals surface area (Å²) in [5.41, 5.74) is 3.43. The highest BCUT2D eigenvalue weighted by Crippen LogP contribution is 2.37. The van der Waals surface area contributed by atoms with Gasteiger partial charge in [0.15, 0.2) is 0 Å². The van der Waals surface area contributed by atoms with Gasteiger partial charge in [0.25, 0.3) is 0 Å². The number of allylic oxidation sites excluding steroid dienone is 2. The SMILES string of the molecule is CNC1(c2cc(OC)cc(N(C)C)c2)C=CC=C(N(C)C)C1. The van der Waals surface area contributed by atoms with Crippen molar-refractivity contribution >= 4 is 5.69 Å². The fraction of sp³-hybridized carbons (Fsp3) is 0.444. The summed E-state index contributed by atoms with van der Waals surface area (Å²) in [6.45, 7) is 0. The van der Waals surface area contributed by atoms with E-state index in [9.17, 15) is 0 Å². The molecule has 0 spiro atoms. The van der Waals surface area contributed by atoms with Crippen LogP contribution >= 0.6 is 0 Å². The molecule has 4 nitrogen and oxygen atoms in total. The first-order chi connectivity index (χ1) is 10.4. The third-order valence-electron chi connectivity index (χ3n) is 4.31. The number of methoxy groups -OCH3 is 1. The molecule has 0 aromatic heterocycles. The Kier molecular flexibility index (Phi) is 4.81. The molecule has 1 aliphatic carbocycles. The topological polar surface area (TPSA) is 27.7 Å². The zero-order valence-corrected chi connectivity index (χ0v) is 14.5. The minimum atomic E-state index is -0.215. The van der Waals surface area contributed by atoms with Crippen molar-refractivity contribution < 1.29 is 4.74 Å². The van der Waals surface area contributed by atoms with Crippen molar-refractivity contribution in [3.8, 4) is 5.75 Å². The van der Waals surface area contributed by atoms with E-state index < -0.39 is 0 Å². The second-order valence-corrected chi connectivity index (χ2v) is 6.12. The molecule has 1 aromatic carbocycles. The summed E-state index contributed by atoms with van der Waals surface area (Å²) in [4.78, 5) is 4.27. The number of anilines is 1. The molecule has 0 amide bonds. The average molecular weight is 301 g/mol. The first-order valence-electron chi connectivity index (χ1n) is 7.53. The molecule has 1 N–H and O–H groups in total. The van der Waals surface area contributed by atoms with Gasteiger partial charge in [-0.2, -0.15) is 0 Å². The van der Waals surface area contributed by atoms with Crippen LogP contribution in [0.25, 0.3) is 0 Å². The molecule has 0 radical (unpaired) electrons. The number of ether oxygens (including phenoxy) is 1. The van der Waals surface area contributed by atoms with E-state index >= 15 is 0 Å². The maximum atomic E-state index is 5.50. The summed E-state index contributed by atoms with van der Waals surface area (Å²) in [6, 6.07) is 6.40. The number of hydrogen-bond acceptors (Lipinski definition) is 4. The normalized spacial score (nSPS) is 20.5. The van der Waals surface area contributed by atoms with Gasteiger partial charge in [0.2, 0.25) is 0 Å². The zero-order valence-electron chi connectivity index (χ0n) is 14.5. The first-order valence-corrected chi connectivity index (χ1v) is 7.53. The van der Waals surface area contributed by atoms with Gasteiger partial charge in [-0.3, -0.25) is 0 Å². The van der Waals surface area contributed by atoms with Gasteiger partial charge in [0, 0.05) is 52.1 Å². The van der Waals surface area contributed by atoms with E-state index in [1.54, 1.807) is 7.11 Å². The van der Waals surface area contributed by atoms with Gasteiger partial charge in [-0.05, 0) is 30.8 Å². The molecule has 120 valence electrons. The Morgan fingerprint density at radius 1 is 1.09 bits per heavy atom. The quantitative estimate of drug-likeness (QED) is 0.905. The van der Waals surface area contributed by atoms with Crippen molar-refractivity contribution in [3.63, 3.8) is 0 Å². The van der Waals surface area contributed by atoms with E-state index in [0.29, 0.717) is 0 Å². The fourth-order valence-corrected chi connectivity index (χ4v) is 2.77. The minimum absolute atomic E-state index is 0.215. The molecule has 0 heterocycles. The molecule has 4 heteroatoms. The fourth-order valence-electron chi connectivity index (χ4n) is 2.77. The molecule has 2 rings (SSSR count). The van der Waals surface area contributed by atoms with Gasteiger partial charge in [0.05, 0.1) is 12.6 Å². The van der Waals surface area contributed by atoms with E-state index in [1.807, 2.05) is 21.1 Å². The maximum Gasteiger partial charge on any atom is 0.121 e. The van der Waals surface area contributed by atoms with Gasteiger partial charge >= 0.3 is 0 Å². The number of rotatable bonds is 5. The van der Waals surface area contributed by atoms with Gasteiger partial charge < -0.3 is 19.9 Å². The van der Waals surface area contributed by atoms with E-state index in [4.69, 9.17) is 4.74 Å². The maximum absolute atomic E-state index is 5.50. The van der Waals surface area contributed by atoms with E-state index in [0.717, 1.165) is 17.9 Å². The molecular weight excluding hydrogens is 274 g/mol. The van der Waals surface area contributed by atoms with Crippen LogP contribution in [-0.2, 0) is 5.54 Å². The third kappa shape index (κ3) is 3.12. The lowest BCUT2D eigenvalue weighted by molar-refractivity contribution is 0.376. The van der Waals surface area contributed by atoms with Gasteiger partial charge in [-0.25, -0.2) is 0 Å². The van der Waals surface area contributed by atoms with Gasteiger partial charge in [0.1, 0.15) is 5.75 Å². The highest BCUT2D eigenvalue weighted by atomic mass is 16.5. The number of hydrogen-bond donors (Lipinski definition) is 1. The Morgan fingerprint density at radius 3 is 2.36 bits per heavy atom. The molecule has 1 aromatic rings. The standard InChI is InChI=1S/C18H27N3O/c1-19-18(9-7-8-15(13-18)20(2)3)14-10-16(21(4)5)12-17(11-14)22-6/h7-12,19H,13H2,1-6H3. The van der Waals surface area contributed by atoms with Crippen molar-refractivity contribution in [1.29, 1.82) is 0 Å². The molecule has 0 fully saturated rings. The summed E-state index contributed by atoms with van der Waals surface area (Å²) in [5.74, 6) is 0.880. The average Bonchev–Trinajstić information content (AvgIpc) is 2.54. The van der Waals surface area contributed by atoms with Crippen molar-refractivity contribution in [2.24, 2.45) is 0 Å². The number of nitrogens with one attached hydrogen (secondary N) is 1. The highest BCUT2D eigenvalue weighted by molar-refractivity contribution is 5.55. The van der Waals surface area contributed by atoms with Crippen molar-refractivity contribution in [2.45, 2.75) is 12.0 Å². The van der Waals surface area contributed by atoms with Crippen molar-refractivity contribution in [2.75, 3.05) is 47.2 Å². The first kappa shape index (κ1) is 16.4. The van der Waals surface area contributed by atoms with Gasteiger partial charge in [-0.1, -0.05) is 12.2 Å². The Balaban J connectivity index is 2.50. The Labute approximate surface area is 134 Å². The molecule has 0 bridgehead atoms. The Bertz CT molecular complexity index is 590. The summed E-state index contributed by atoms with van der Waals surface area (Å²) in [7, 11) is 12.0. The lowest BCUT2D eigenvalue weighted by Crippen LogP contribution is -2.41. The second-order valence-electron chi connectivity index (χ2n) is 6.12. The second kappa shape index (κ2) is 6.44. The third-order valence-corrected chi connectivity index (χ3v) is 4.31. The van der Waals surface area contributed by atoms with E-state index in [2.05, 4.69) is 65.6 Å². The highest BCUT2D eigenvalue weighted by Gasteiger charge is 2.32. The van der Waals surface area contributed by atoms with Crippen LogP contribution in [-0.4, -0.2) is 47.2 Å². The number of nitrogens with zero attached hydrogens (tertiary/aromatic N) is 2. The summed E-state index contributed by atoms with van der Waals surface area (Å²) < 4.78 is 5.50. The Morgan fingerprint density at radius 2 is 1.82 bits per heavy atom. The van der Waals surface area contributed by atoms with Crippen molar-refractivity contribution in [3.05, 3.63) is 47.7 Å². The van der Waals surface area contributed by atoms with Crippen molar-refractivity contribution in [1.82, 2.24) is 10.2 Å². The van der Waals surface area contributed by atoms with Crippen LogP contribution in [0.1, 0.15) is 12.0 Å². The molecular formula is C18H27N3O. The summed E-state index contributed by atoms with van der Waals surface area (Å²) in [5, 5.41) is 3.51. The molecule has 0 aliphatic heterocycles. The molecule has 0 saturated carbocycles. The van der Waals surface area contributed by atoms with E-state index in [-0.39, 0.29) is 5.54 Å². The Hall–Kier alpha value is -1.94. The van der Waals surface area contributed by atoms with Crippen LogP contribution in [0.5, 0.6) is 5.75 Å². The number of likely N-dealkylation sites (N-methyl/N-ethyl adjacent to an activating group) is 1. The lowest BCUT2D eigenvalue weighted by Gasteiger charge is -2.37.